The highest BCUT2D eigenvalue weighted by atomic mass is 19.1. The van der Waals surface area contributed by atoms with Crippen LogP contribution in [0.1, 0.15) is 0 Å². The van der Waals surface area contributed by atoms with Crippen LogP contribution in [0.5, 0.6) is 23.0 Å². The second-order valence-corrected chi connectivity index (χ2v) is 8.31. The van der Waals surface area contributed by atoms with E-state index < -0.39 is 17.6 Å². The number of anilines is 2. The predicted octanol–water partition coefficient (Wildman–Crippen LogP) is 4.23. The van der Waals surface area contributed by atoms with E-state index in [0.717, 1.165) is 5.39 Å². The minimum absolute atomic E-state index is 0.134. The van der Waals surface area contributed by atoms with E-state index in [4.69, 9.17) is 19.3 Å². The van der Waals surface area contributed by atoms with Gasteiger partial charge in [-0.3, -0.25) is 14.6 Å². The van der Waals surface area contributed by atoms with Gasteiger partial charge in [0.25, 0.3) is 11.8 Å². The molecule has 0 fully saturated rings. The monoisotopic (exact) mass is 546 g/mol. The molecule has 0 aliphatic rings. The maximum absolute atomic E-state index is 13.2. The largest absolute Gasteiger partial charge is 0.493 e. The first kappa shape index (κ1) is 27.9. The lowest BCUT2D eigenvalue weighted by Crippen LogP contribution is -2.27. The SMILES string of the molecule is COc1cc2nccc(Oc3ccc(NC(=O)/C(=C/NCCO)C(=O)Nc4ccc(F)cc4)cc3)c2cc1OC. The highest BCUT2D eigenvalue weighted by molar-refractivity contribution is 6.26. The molecule has 0 spiro atoms. The average molecular weight is 547 g/mol. The zero-order chi connectivity index (χ0) is 28.5. The molecule has 10 nitrogen and oxygen atoms in total. The number of carbonyl (C=O) groups is 2. The second kappa shape index (κ2) is 13.1. The van der Waals surface area contributed by atoms with Crippen LogP contribution in [0.3, 0.4) is 0 Å². The predicted molar refractivity (Wildman–Crippen MR) is 148 cm³/mol. The molecule has 11 heteroatoms. The lowest BCUT2D eigenvalue weighted by Gasteiger charge is -2.13. The number of halogens is 1. The summed E-state index contributed by atoms with van der Waals surface area (Å²) in [5, 5.41) is 17.7. The molecule has 2 amide bonds. The Morgan fingerprint density at radius 2 is 1.48 bits per heavy atom. The fourth-order valence-corrected chi connectivity index (χ4v) is 3.67. The highest BCUT2D eigenvalue weighted by Gasteiger charge is 2.19. The van der Waals surface area contributed by atoms with Crippen LogP contribution in [0.25, 0.3) is 10.9 Å². The van der Waals surface area contributed by atoms with E-state index in [9.17, 15) is 14.0 Å². The number of fused-ring (bicyclic) bond motifs is 1. The fourth-order valence-electron chi connectivity index (χ4n) is 3.67. The van der Waals surface area contributed by atoms with Gasteiger partial charge in [-0.1, -0.05) is 0 Å². The molecule has 1 heterocycles. The number of hydrogen-bond acceptors (Lipinski definition) is 8. The summed E-state index contributed by atoms with van der Waals surface area (Å²) in [6.07, 6.45) is 2.83. The molecule has 0 bridgehead atoms. The van der Waals surface area contributed by atoms with Gasteiger partial charge in [-0.15, -0.1) is 0 Å². The van der Waals surface area contributed by atoms with Crippen LogP contribution in [0.2, 0.25) is 0 Å². The van der Waals surface area contributed by atoms with Gasteiger partial charge in [0.05, 0.1) is 26.3 Å². The van der Waals surface area contributed by atoms with Crippen LogP contribution in [0.15, 0.2) is 84.7 Å². The Balaban J connectivity index is 1.48. The number of pyridine rings is 1. The number of aliphatic hydroxyl groups is 1. The molecule has 0 unspecified atom stereocenters. The van der Waals surface area contributed by atoms with Gasteiger partial charge in [0.15, 0.2) is 11.5 Å². The van der Waals surface area contributed by atoms with Gasteiger partial charge in [0, 0.05) is 41.8 Å². The summed E-state index contributed by atoms with van der Waals surface area (Å²) in [7, 11) is 3.09. The number of benzene rings is 3. The summed E-state index contributed by atoms with van der Waals surface area (Å²) >= 11 is 0. The van der Waals surface area contributed by atoms with Crippen molar-refractivity contribution in [2.75, 3.05) is 38.0 Å². The molecule has 0 aliphatic heterocycles. The van der Waals surface area contributed by atoms with Crippen molar-refractivity contribution in [2.45, 2.75) is 0 Å². The summed E-state index contributed by atoms with van der Waals surface area (Å²) < 4.78 is 30.0. The third-order valence-electron chi connectivity index (χ3n) is 5.64. The molecular formula is C29H27FN4O6. The summed E-state index contributed by atoms with van der Waals surface area (Å²) in [4.78, 5) is 30.1. The highest BCUT2D eigenvalue weighted by Crippen LogP contribution is 2.37. The molecule has 0 atom stereocenters. The summed E-state index contributed by atoms with van der Waals surface area (Å²) in [6, 6.07) is 17.0. The van der Waals surface area contributed by atoms with E-state index in [1.54, 1.807) is 62.9 Å². The molecule has 3 aromatic carbocycles. The summed E-state index contributed by atoms with van der Waals surface area (Å²) in [6.45, 7) is -0.0610. The third-order valence-corrected chi connectivity index (χ3v) is 5.64. The number of carbonyl (C=O) groups excluding carboxylic acids is 2. The van der Waals surface area contributed by atoms with Crippen molar-refractivity contribution in [3.63, 3.8) is 0 Å². The van der Waals surface area contributed by atoms with Gasteiger partial charge >= 0.3 is 0 Å². The maximum Gasteiger partial charge on any atom is 0.262 e. The normalized spacial score (nSPS) is 11.1. The zero-order valence-corrected chi connectivity index (χ0v) is 21.7. The average Bonchev–Trinajstić information content (AvgIpc) is 2.96. The van der Waals surface area contributed by atoms with Gasteiger partial charge in [-0.05, 0) is 60.7 Å². The zero-order valence-electron chi connectivity index (χ0n) is 21.7. The van der Waals surface area contributed by atoms with Crippen molar-refractivity contribution in [2.24, 2.45) is 0 Å². The van der Waals surface area contributed by atoms with E-state index in [2.05, 4.69) is 20.9 Å². The minimum atomic E-state index is -0.717. The molecule has 1 aromatic heterocycles. The fraction of sp³-hybridized carbons (Fsp3) is 0.138. The Morgan fingerprint density at radius 1 is 0.875 bits per heavy atom. The van der Waals surface area contributed by atoms with Crippen LogP contribution in [0.4, 0.5) is 15.8 Å². The molecule has 4 rings (SSSR count). The first-order chi connectivity index (χ1) is 19.4. The summed E-state index contributed by atoms with van der Waals surface area (Å²) in [5.41, 5.74) is 1.14. The number of aliphatic hydroxyl groups excluding tert-OH is 1. The van der Waals surface area contributed by atoms with Crippen LogP contribution in [-0.4, -0.2) is 49.3 Å². The number of hydrogen-bond donors (Lipinski definition) is 4. The number of methoxy groups -OCH3 is 2. The van der Waals surface area contributed by atoms with E-state index in [0.29, 0.717) is 39.9 Å². The number of nitrogens with zero attached hydrogens (tertiary/aromatic N) is 1. The minimum Gasteiger partial charge on any atom is -0.493 e. The smallest absolute Gasteiger partial charge is 0.262 e. The van der Waals surface area contributed by atoms with Crippen LogP contribution >= 0.6 is 0 Å². The molecule has 0 aliphatic carbocycles. The van der Waals surface area contributed by atoms with Gasteiger partial charge in [0.2, 0.25) is 0 Å². The molecular weight excluding hydrogens is 519 g/mol. The third kappa shape index (κ3) is 6.83. The van der Waals surface area contributed by atoms with Crippen molar-refractivity contribution >= 4 is 34.1 Å². The number of amides is 2. The Bertz CT molecular complexity index is 1520. The Morgan fingerprint density at radius 3 is 2.08 bits per heavy atom. The van der Waals surface area contributed by atoms with Crippen molar-refractivity contribution in [1.82, 2.24) is 10.3 Å². The molecule has 40 heavy (non-hydrogen) atoms. The van der Waals surface area contributed by atoms with E-state index in [1.807, 2.05) is 0 Å². The number of nitrogens with one attached hydrogen (secondary N) is 3. The standard InChI is InChI=1S/C29H27FN4O6/c1-38-26-15-22-24(16-27(26)39-2)32-12-11-25(22)40-21-9-7-20(8-10-21)34-29(37)23(17-31-13-14-35)28(36)33-19-5-3-18(30)4-6-19/h3-12,15-17,31,35H,13-14H2,1-2H3,(H,33,36)(H,34,37)/b23-17+. The van der Waals surface area contributed by atoms with Crippen LogP contribution < -0.4 is 30.2 Å². The first-order valence-corrected chi connectivity index (χ1v) is 12.1. The molecule has 4 aromatic rings. The van der Waals surface area contributed by atoms with E-state index >= 15 is 0 Å². The van der Waals surface area contributed by atoms with Gasteiger partial charge in [-0.2, -0.15) is 0 Å². The molecule has 0 saturated heterocycles. The van der Waals surface area contributed by atoms with Crippen molar-refractivity contribution in [3.05, 3.63) is 90.5 Å². The molecule has 206 valence electrons. The maximum atomic E-state index is 13.2. The lowest BCUT2D eigenvalue weighted by atomic mass is 10.2. The lowest BCUT2D eigenvalue weighted by molar-refractivity contribution is -0.118. The van der Waals surface area contributed by atoms with Crippen molar-refractivity contribution in [1.29, 1.82) is 0 Å². The van der Waals surface area contributed by atoms with Gasteiger partial charge in [0.1, 0.15) is 22.9 Å². The molecule has 4 N–H and O–H groups in total. The quantitative estimate of drug-likeness (QED) is 0.0952. The number of ether oxygens (including phenoxy) is 3. The van der Waals surface area contributed by atoms with Crippen molar-refractivity contribution < 1.29 is 33.3 Å². The van der Waals surface area contributed by atoms with Crippen LogP contribution in [-0.2, 0) is 9.59 Å². The number of rotatable bonds is 11. The van der Waals surface area contributed by atoms with Crippen LogP contribution in [0, 0.1) is 5.82 Å². The summed E-state index contributed by atoms with van der Waals surface area (Å²) in [5.74, 6) is 0.250. The Kier molecular flexibility index (Phi) is 9.11. The number of aromatic nitrogens is 1. The van der Waals surface area contributed by atoms with E-state index in [-0.39, 0.29) is 18.7 Å². The van der Waals surface area contributed by atoms with E-state index in [1.165, 1.54) is 30.5 Å². The van der Waals surface area contributed by atoms with Gasteiger partial charge < -0.3 is 35.3 Å². The first-order valence-electron chi connectivity index (χ1n) is 12.1. The molecule has 0 saturated carbocycles. The molecule has 0 radical (unpaired) electrons. The second-order valence-electron chi connectivity index (χ2n) is 8.31. The topological polar surface area (TPSA) is 131 Å². The van der Waals surface area contributed by atoms with Gasteiger partial charge in [-0.25, -0.2) is 4.39 Å². The van der Waals surface area contributed by atoms with Crippen molar-refractivity contribution in [3.8, 4) is 23.0 Å². The Labute approximate surface area is 229 Å². The Hall–Kier alpha value is -5.16.